The highest BCUT2D eigenvalue weighted by atomic mass is 32.1. The topological polar surface area (TPSA) is 130 Å². The molecule has 1 aliphatic heterocycles. The number of benzene rings is 1. The number of nitrogens with zero attached hydrogens (tertiary/aromatic N) is 4. The fraction of sp³-hybridized carbons (Fsp3) is 0.409. The minimum Gasteiger partial charge on any atom is -0.495 e. The normalized spacial score (nSPS) is 15.3. The summed E-state index contributed by atoms with van der Waals surface area (Å²) in [6.07, 6.45) is 4.60. The number of ether oxygens (including phenoxy) is 1. The maximum Gasteiger partial charge on any atom is 0.321 e. The molecule has 0 aliphatic carbocycles. The summed E-state index contributed by atoms with van der Waals surface area (Å²) in [5, 5.41) is 15.3. The highest BCUT2D eigenvalue weighted by molar-refractivity contribution is 7.22. The average Bonchev–Trinajstić information content (AvgIpc) is 3.21. The first-order valence-corrected chi connectivity index (χ1v) is 11.5. The van der Waals surface area contributed by atoms with E-state index < -0.39 is 11.4 Å². The van der Waals surface area contributed by atoms with Crippen LogP contribution in [-0.4, -0.2) is 58.8 Å². The number of hydrogen-bond acceptors (Lipinski definition) is 8. The molecule has 2 amide bonds. The van der Waals surface area contributed by atoms with Gasteiger partial charge in [0.2, 0.25) is 5.95 Å². The predicted octanol–water partition coefficient (Wildman–Crippen LogP) is 3.59. The standard InChI is InChI=1S/C22H26N6O4S/c1-4-23-20(31)27-21-26-15-9-13(10-16(32-3)17(15)33-21)14-11-24-19(25-12-14)28-7-5-22(2,6-8-28)18(29)30/h9-12H,4-8H2,1-3H3,(H,29,30)(H2,23,26,27,31). The number of piperidine rings is 1. The molecule has 1 aromatic carbocycles. The minimum absolute atomic E-state index is 0.305. The van der Waals surface area contributed by atoms with E-state index in [0.717, 1.165) is 15.8 Å². The number of carboxylic acid groups (broad SMARTS) is 1. The van der Waals surface area contributed by atoms with Crippen LogP contribution in [0.5, 0.6) is 5.75 Å². The van der Waals surface area contributed by atoms with E-state index in [-0.39, 0.29) is 6.03 Å². The van der Waals surface area contributed by atoms with Gasteiger partial charge in [0.05, 0.1) is 22.7 Å². The van der Waals surface area contributed by atoms with Crippen LogP contribution < -0.4 is 20.3 Å². The number of urea groups is 1. The van der Waals surface area contributed by atoms with Crippen LogP contribution in [0.2, 0.25) is 0 Å². The largest absolute Gasteiger partial charge is 0.495 e. The van der Waals surface area contributed by atoms with Gasteiger partial charge in [-0.15, -0.1) is 0 Å². The lowest BCUT2D eigenvalue weighted by Crippen LogP contribution is -2.43. The first kappa shape index (κ1) is 22.7. The van der Waals surface area contributed by atoms with Gasteiger partial charge in [-0.25, -0.2) is 19.7 Å². The third-order valence-electron chi connectivity index (χ3n) is 5.87. The highest BCUT2D eigenvalue weighted by Crippen LogP contribution is 2.38. The molecule has 1 aliphatic rings. The summed E-state index contributed by atoms with van der Waals surface area (Å²) in [5.74, 6) is 0.479. The first-order chi connectivity index (χ1) is 15.8. The summed E-state index contributed by atoms with van der Waals surface area (Å²) in [6, 6.07) is 3.50. The fourth-order valence-corrected chi connectivity index (χ4v) is 4.66. The molecule has 3 N–H and O–H groups in total. The van der Waals surface area contributed by atoms with Crippen molar-refractivity contribution in [2.24, 2.45) is 5.41 Å². The van der Waals surface area contributed by atoms with Gasteiger partial charge in [-0.05, 0) is 44.4 Å². The third kappa shape index (κ3) is 4.68. The maximum absolute atomic E-state index is 11.8. The van der Waals surface area contributed by atoms with Crippen molar-refractivity contribution in [3.8, 4) is 16.9 Å². The molecule has 0 radical (unpaired) electrons. The second kappa shape index (κ2) is 9.18. The highest BCUT2D eigenvalue weighted by Gasteiger charge is 2.37. The molecule has 174 valence electrons. The molecule has 0 unspecified atom stereocenters. The third-order valence-corrected chi connectivity index (χ3v) is 6.87. The molecule has 3 heterocycles. The van der Waals surface area contributed by atoms with E-state index in [1.807, 2.05) is 24.0 Å². The number of fused-ring (bicyclic) bond motifs is 1. The second-order valence-electron chi connectivity index (χ2n) is 8.15. The summed E-state index contributed by atoms with van der Waals surface area (Å²) < 4.78 is 6.39. The van der Waals surface area contributed by atoms with E-state index in [0.29, 0.717) is 54.8 Å². The number of methoxy groups -OCH3 is 1. The van der Waals surface area contributed by atoms with Crippen molar-refractivity contribution in [1.29, 1.82) is 0 Å². The molecule has 1 fully saturated rings. The number of nitrogens with one attached hydrogen (secondary N) is 2. The number of thiazole rings is 1. The number of hydrogen-bond donors (Lipinski definition) is 3. The van der Waals surface area contributed by atoms with Crippen molar-refractivity contribution in [3.63, 3.8) is 0 Å². The Morgan fingerprint density at radius 1 is 1.21 bits per heavy atom. The monoisotopic (exact) mass is 470 g/mol. The van der Waals surface area contributed by atoms with Crippen LogP contribution in [0.4, 0.5) is 15.9 Å². The van der Waals surface area contributed by atoms with Gasteiger partial charge in [0.25, 0.3) is 0 Å². The number of anilines is 2. The van der Waals surface area contributed by atoms with Crippen LogP contribution >= 0.6 is 11.3 Å². The van der Waals surface area contributed by atoms with E-state index in [2.05, 4.69) is 25.6 Å². The Balaban J connectivity index is 1.55. The Morgan fingerprint density at radius 2 is 1.91 bits per heavy atom. The molecule has 0 bridgehead atoms. The van der Waals surface area contributed by atoms with Crippen LogP contribution in [0.25, 0.3) is 21.3 Å². The van der Waals surface area contributed by atoms with Crippen molar-refractivity contribution in [3.05, 3.63) is 24.5 Å². The zero-order valence-electron chi connectivity index (χ0n) is 18.7. The fourth-order valence-electron chi connectivity index (χ4n) is 3.72. The second-order valence-corrected chi connectivity index (χ2v) is 9.15. The van der Waals surface area contributed by atoms with E-state index in [4.69, 9.17) is 4.74 Å². The van der Waals surface area contributed by atoms with Crippen molar-refractivity contribution >= 4 is 44.6 Å². The smallest absolute Gasteiger partial charge is 0.321 e. The van der Waals surface area contributed by atoms with Crippen molar-refractivity contribution in [1.82, 2.24) is 20.3 Å². The summed E-state index contributed by atoms with van der Waals surface area (Å²) in [4.78, 5) is 38.8. The van der Waals surface area contributed by atoms with E-state index >= 15 is 0 Å². The zero-order valence-corrected chi connectivity index (χ0v) is 19.5. The number of amides is 2. The summed E-state index contributed by atoms with van der Waals surface area (Å²) >= 11 is 1.34. The summed E-state index contributed by atoms with van der Waals surface area (Å²) in [5.41, 5.74) is 1.66. The SMILES string of the molecule is CCNC(=O)Nc1nc2cc(-c3cnc(N4CCC(C)(C(=O)O)CC4)nc3)cc(OC)c2s1. The van der Waals surface area contributed by atoms with E-state index in [1.54, 1.807) is 26.4 Å². The van der Waals surface area contributed by atoms with Crippen LogP contribution in [-0.2, 0) is 4.79 Å². The van der Waals surface area contributed by atoms with Gasteiger partial charge in [-0.2, -0.15) is 0 Å². The lowest BCUT2D eigenvalue weighted by molar-refractivity contribution is -0.149. The Morgan fingerprint density at radius 3 is 2.52 bits per heavy atom. The van der Waals surface area contributed by atoms with Gasteiger partial charge in [-0.3, -0.25) is 10.1 Å². The Bertz CT molecular complexity index is 1170. The molecular weight excluding hydrogens is 444 g/mol. The number of rotatable bonds is 6. The number of aromatic nitrogens is 3. The molecule has 2 aromatic heterocycles. The molecule has 0 spiro atoms. The van der Waals surface area contributed by atoms with Gasteiger partial charge in [0.15, 0.2) is 5.13 Å². The van der Waals surface area contributed by atoms with E-state index in [1.165, 1.54) is 11.3 Å². The molecule has 0 saturated carbocycles. The molecule has 11 heteroatoms. The molecule has 4 rings (SSSR count). The van der Waals surface area contributed by atoms with Gasteiger partial charge in [0, 0.05) is 37.6 Å². The quantitative estimate of drug-likeness (QED) is 0.498. The number of carbonyl (C=O) groups excluding carboxylic acids is 1. The maximum atomic E-state index is 11.8. The first-order valence-electron chi connectivity index (χ1n) is 10.7. The number of aliphatic carboxylic acids is 1. The molecule has 33 heavy (non-hydrogen) atoms. The zero-order chi connectivity index (χ0) is 23.6. The van der Waals surface area contributed by atoms with Gasteiger partial charge >= 0.3 is 12.0 Å². The van der Waals surface area contributed by atoms with Crippen LogP contribution in [0.15, 0.2) is 24.5 Å². The minimum atomic E-state index is -0.755. The average molecular weight is 471 g/mol. The Kier molecular flexibility index (Phi) is 6.32. The number of carbonyl (C=O) groups is 2. The van der Waals surface area contributed by atoms with Crippen molar-refractivity contribution in [2.75, 3.05) is 37.0 Å². The van der Waals surface area contributed by atoms with E-state index in [9.17, 15) is 14.7 Å². The molecule has 0 atom stereocenters. The van der Waals surface area contributed by atoms with Crippen LogP contribution in [0.1, 0.15) is 26.7 Å². The van der Waals surface area contributed by atoms with Gasteiger partial charge < -0.3 is 20.1 Å². The molecule has 10 nitrogen and oxygen atoms in total. The summed E-state index contributed by atoms with van der Waals surface area (Å²) in [7, 11) is 1.59. The predicted molar refractivity (Wildman–Crippen MR) is 127 cm³/mol. The number of carboxylic acids is 1. The Hall–Kier alpha value is -3.47. The molecule has 1 saturated heterocycles. The van der Waals surface area contributed by atoms with Gasteiger partial charge in [-0.1, -0.05) is 11.3 Å². The summed E-state index contributed by atoms with van der Waals surface area (Å²) in [6.45, 7) is 5.36. The molecule has 3 aromatic rings. The van der Waals surface area contributed by atoms with Crippen LogP contribution in [0, 0.1) is 5.41 Å². The van der Waals surface area contributed by atoms with Crippen LogP contribution in [0.3, 0.4) is 0 Å². The Labute approximate surface area is 195 Å². The lowest BCUT2D eigenvalue weighted by atomic mass is 9.80. The lowest BCUT2D eigenvalue weighted by Gasteiger charge is -2.36. The van der Waals surface area contributed by atoms with Gasteiger partial charge in [0.1, 0.15) is 5.75 Å². The van der Waals surface area contributed by atoms with Crippen molar-refractivity contribution < 1.29 is 19.4 Å². The van der Waals surface area contributed by atoms with Crippen molar-refractivity contribution in [2.45, 2.75) is 26.7 Å². The molecular formula is C22H26N6O4S.